The molecule has 3 N–H and O–H groups in total. The van der Waals surface area contributed by atoms with Crippen LogP contribution >= 0.6 is 0 Å². The van der Waals surface area contributed by atoms with E-state index in [4.69, 9.17) is 5.73 Å². The molecule has 0 unspecified atom stereocenters. The van der Waals surface area contributed by atoms with Gasteiger partial charge in [-0.3, -0.25) is 4.99 Å². The van der Waals surface area contributed by atoms with Gasteiger partial charge in [0.2, 0.25) is 0 Å². The minimum atomic E-state index is -0.156. The summed E-state index contributed by atoms with van der Waals surface area (Å²) in [5.41, 5.74) is 5.53. The van der Waals surface area contributed by atoms with E-state index in [2.05, 4.69) is 15.0 Å². The maximum absolute atomic E-state index is 5.68. The Morgan fingerprint density at radius 2 is 2.25 bits per heavy atom. The van der Waals surface area contributed by atoms with Crippen molar-refractivity contribution in [2.75, 3.05) is 0 Å². The number of aliphatic imine (C=N–C) groups is 1. The van der Waals surface area contributed by atoms with Crippen molar-refractivity contribution in [3.8, 4) is 0 Å². The highest BCUT2D eigenvalue weighted by atomic mass is 15.0. The fraction of sp³-hybridized carbons (Fsp3) is 0.500. The van der Waals surface area contributed by atoms with Crippen LogP contribution in [-0.2, 0) is 0 Å². The zero-order valence-corrected chi connectivity index (χ0v) is 7.63. The predicted octanol–water partition coefficient (Wildman–Crippen LogP) is 0.914. The second-order valence-corrected chi connectivity index (χ2v) is 3.61. The lowest BCUT2D eigenvalue weighted by Gasteiger charge is -2.12. The number of nitrogens with two attached hydrogens (primary N) is 1. The molecule has 0 atom stereocenters. The first-order valence-corrected chi connectivity index (χ1v) is 3.84. The van der Waals surface area contributed by atoms with E-state index in [9.17, 15) is 0 Å². The van der Waals surface area contributed by atoms with Crippen LogP contribution in [0.1, 0.15) is 26.6 Å². The summed E-state index contributed by atoms with van der Waals surface area (Å²) in [5, 5.41) is 0. The Bertz CT molecular complexity index is 266. The van der Waals surface area contributed by atoms with Gasteiger partial charge in [-0.15, -0.1) is 0 Å². The van der Waals surface area contributed by atoms with Crippen molar-refractivity contribution in [1.29, 1.82) is 0 Å². The predicted molar refractivity (Wildman–Crippen MR) is 49.1 cm³/mol. The van der Waals surface area contributed by atoms with Crippen molar-refractivity contribution in [3.63, 3.8) is 0 Å². The van der Waals surface area contributed by atoms with E-state index < -0.39 is 0 Å². The molecule has 0 radical (unpaired) electrons. The number of nitrogens with zero attached hydrogens (tertiary/aromatic N) is 2. The zero-order chi connectivity index (χ0) is 9.19. The number of aromatic nitrogens is 2. The second-order valence-electron chi connectivity index (χ2n) is 3.61. The first-order valence-electron chi connectivity index (χ1n) is 3.84. The van der Waals surface area contributed by atoms with Crippen LogP contribution in [0.15, 0.2) is 17.4 Å². The van der Waals surface area contributed by atoms with Crippen molar-refractivity contribution in [2.45, 2.75) is 26.3 Å². The smallest absolute Gasteiger partial charge is 0.172 e. The van der Waals surface area contributed by atoms with E-state index in [1.165, 1.54) is 0 Å². The molecule has 1 rings (SSSR count). The summed E-state index contributed by atoms with van der Waals surface area (Å²) in [6.45, 7) is 5.97. The second kappa shape index (κ2) is 2.97. The van der Waals surface area contributed by atoms with Gasteiger partial charge in [-0.05, 0) is 20.8 Å². The summed E-state index contributed by atoms with van der Waals surface area (Å²) in [6.07, 6.45) is 3.38. The highest BCUT2D eigenvalue weighted by Crippen LogP contribution is 2.06. The lowest BCUT2D eigenvalue weighted by atomic mass is 10.1. The summed E-state index contributed by atoms with van der Waals surface area (Å²) in [7, 11) is 0. The van der Waals surface area contributed by atoms with Gasteiger partial charge in [-0.25, -0.2) is 4.98 Å². The molecule has 66 valence electrons. The van der Waals surface area contributed by atoms with E-state index >= 15 is 0 Å². The Morgan fingerprint density at radius 1 is 1.58 bits per heavy atom. The number of amidine groups is 1. The molecule has 4 heteroatoms. The molecule has 1 heterocycles. The highest BCUT2D eigenvalue weighted by Gasteiger charge is 2.09. The van der Waals surface area contributed by atoms with Crippen LogP contribution in [0.5, 0.6) is 0 Å². The van der Waals surface area contributed by atoms with Crippen LogP contribution in [0.4, 0.5) is 0 Å². The van der Waals surface area contributed by atoms with Gasteiger partial charge in [0, 0.05) is 12.4 Å². The summed E-state index contributed by atoms with van der Waals surface area (Å²) in [4.78, 5) is 11.1. The van der Waals surface area contributed by atoms with Gasteiger partial charge in [-0.2, -0.15) is 0 Å². The van der Waals surface area contributed by atoms with Crippen LogP contribution in [-0.4, -0.2) is 21.3 Å². The van der Waals surface area contributed by atoms with Gasteiger partial charge in [0.25, 0.3) is 0 Å². The molecule has 0 bridgehead atoms. The van der Waals surface area contributed by atoms with Crippen LogP contribution in [0.2, 0.25) is 0 Å². The van der Waals surface area contributed by atoms with E-state index in [1.807, 2.05) is 20.8 Å². The zero-order valence-electron chi connectivity index (χ0n) is 7.63. The van der Waals surface area contributed by atoms with Crippen LogP contribution < -0.4 is 5.73 Å². The number of imidazole rings is 1. The number of rotatable bonds is 1. The number of aromatic amines is 1. The Hall–Kier alpha value is -1.32. The van der Waals surface area contributed by atoms with Gasteiger partial charge >= 0.3 is 0 Å². The molecular formula is C8H14N4. The van der Waals surface area contributed by atoms with Crippen molar-refractivity contribution >= 4 is 5.84 Å². The van der Waals surface area contributed by atoms with Gasteiger partial charge < -0.3 is 10.7 Å². The number of H-pyrrole nitrogens is 1. The molecule has 4 nitrogen and oxygen atoms in total. The number of hydrogen-bond acceptors (Lipinski definition) is 2. The molecular weight excluding hydrogens is 152 g/mol. The summed E-state index contributed by atoms with van der Waals surface area (Å²) in [5.74, 6) is 1.08. The largest absolute Gasteiger partial charge is 0.381 e. The lowest BCUT2D eigenvalue weighted by molar-refractivity contribution is 0.583. The minimum absolute atomic E-state index is 0.156. The topological polar surface area (TPSA) is 67.1 Å². The van der Waals surface area contributed by atoms with Crippen molar-refractivity contribution in [1.82, 2.24) is 9.97 Å². The lowest BCUT2D eigenvalue weighted by Crippen LogP contribution is -2.22. The molecule has 1 aromatic rings. The SMILES string of the molecule is CC(C)(C)N=C(N)c1ncc[nH]1. The van der Waals surface area contributed by atoms with E-state index in [0.717, 1.165) is 0 Å². The van der Waals surface area contributed by atoms with Crippen LogP contribution in [0.3, 0.4) is 0 Å². The molecule has 0 aliphatic carbocycles. The molecule has 0 aliphatic rings. The third-order valence-electron chi connectivity index (χ3n) is 1.20. The van der Waals surface area contributed by atoms with Crippen LogP contribution in [0.25, 0.3) is 0 Å². The fourth-order valence-corrected chi connectivity index (χ4v) is 0.820. The standard InChI is InChI=1S/C8H14N4/c1-8(2,3)12-6(9)7-10-4-5-11-7/h4-5H,1-3H3,(H2,9,12)(H,10,11). The molecule has 0 fully saturated rings. The van der Waals surface area contributed by atoms with Gasteiger partial charge in [0.05, 0.1) is 5.54 Å². The molecule has 12 heavy (non-hydrogen) atoms. The fourth-order valence-electron chi connectivity index (χ4n) is 0.820. The van der Waals surface area contributed by atoms with Gasteiger partial charge in [0.15, 0.2) is 11.7 Å². The first-order chi connectivity index (χ1) is 5.49. The monoisotopic (exact) mass is 166 g/mol. The Kier molecular flexibility index (Phi) is 2.17. The maximum atomic E-state index is 5.68. The van der Waals surface area contributed by atoms with Crippen LogP contribution in [0, 0.1) is 0 Å². The van der Waals surface area contributed by atoms with Crippen molar-refractivity contribution in [3.05, 3.63) is 18.2 Å². The molecule has 1 aromatic heterocycles. The maximum Gasteiger partial charge on any atom is 0.172 e. The molecule has 0 amide bonds. The summed E-state index contributed by atoms with van der Waals surface area (Å²) < 4.78 is 0. The van der Waals surface area contributed by atoms with E-state index in [0.29, 0.717) is 11.7 Å². The average Bonchev–Trinajstić information content (AvgIpc) is 2.32. The van der Waals surface area contributed by atoms with Crippen molar-refractivity contribution in [2.24, 2.45) is 10.7 Å². The minimum Gasteiger partial charge on any atom is -0.381 e. The third-order valence-corrected chi connectivity index (χ3v) is 1.20. The van der Waals surface area contributed by atoms with E-state index in [1.54, 1.807) is 12.4 Å². The number of nitrogens with one attached hydrogen (secondary N) is 1. The van der Waals surface area contributed by atoms with Gasteiger partial charge in [0.1, 0.15) is 0 Å². The summed E-state index contributed by atoms with van der Waals surface area (Å²) in [6, 6.07) is 0. The van der Waals surface area contributed by atoms with Crippen molar-refractivity contribution < 1.29 is 0 Å². The highest BCUT2D eigenvalue weighted by molar-refractivity contribution is 5.94. The van der Waals surface area contributed by atoms with Gasteiger partial charge in [-0.1, -0.05) is 0 Å². The Labute approximate surface area is 71.9 Å². The molecule has 0 aromatic carbocycles. The molecule has 0 spiro atoms. The Balaban J connectivity index is 2.85. The molecule has 0 saturated heterocycles. The molecule has 0 aliphatic heterocycles. The first kappa shape index (κ1) is 8.77. The normalized spacial score (nSPS) is 13.4. The Morgan fingerprint density at radius 3 is 2.67 bits per heavy atom. The quantitative estimate of drug-likeness (QED) is 0.481. The average molecular weight is 166 g/mol. The molecule has 0 saturated carbocycles. The summed E-state index contributed by atoms with van der Waals surface area (Å²) >= 11 is 0. The number of hydrogen-bond donors (Lipinski definition) is 2. The third kappa shape index (κ3) is 2.38. The van der Waals surface area contributed by atoms with E-state index in [-0.39, 0.29) is 5.54 Å².